The highest BCUT2D eigenvalue weighted by atomic mass is 35.5. The number of carbonyl (C=O) groups is 1. The lowest BCUT2D eigenvalue weighted by Crippen LogP contribution is -2.39. The van der Waals surface area contributed by atoms with Gasteiger partial charge in [0.1, 0.15) is 0 Å². The average molecular weight is 421 g/mol. The van der Waals surface area contributed by atoms with Gasteiger partial charge < -0.3 is 4.90 Å². The summed E-state index contributed by atoms with van der Waals surface area (Å²) in [6.45, 7) is 5.48. The molecule has 2 aromatic rings. The van der Waals surface area contributed by atoms with E-state index in [0.29, 0.717) is 17.2 Å². The first-order valence-electron chi connectivity index (χ1n) is 9.34. The molecule has 0 N–H and O–H groups in total. The minimum Gasteiger partial charge on any atom is -0.338 e. The zero-order valence-electron chi connectivity index (χ0n) is 16.4. The van der Waals surface area contributed by atoms with E-state index in [1.807, 2.05) is 11.8 Å². The number of rotatable bonds is 4. The molecule has 0 aliphatic carbocycles. The standard InChI is InChI=1S/C21H25ClN2O3S/c1-15-6-9-18(10-7-15)28(26,27)23(3)17-8-11-19(20(22)13-17)21(25)24-12-4-5-16(2)14-24/h6-11,13,16H,4-5,12,14H2,1-3H3. The Bertz CT molecular complexity index is 974. The Hall–Kier alpha value is -2.05. The van der Waals surface area contributed by atoms with Gasteiger partial charge in [-0.15, -0.1) is 0 Å². The van der Waals surface area contributed by atoms with Gasteiger partial charge in [0.25, 0.3) is 15.9 Å². The van der Waals surface area contributed by atoms with E-state index in [-0.39, 0.29) is 15.8 Å². The van der Waals surface area contributed by atoms with E-state index < -0.39 is 10.0 Å². The van der Waals surface area contributed by atoms with Gasteiger partial charge in [-0.25, -0.2) is 8.42 Å². The summed E-state index contributed by atoms with van der Waals surface area (Å²) in [7, 11) is -2.23. The molecule has 3 rings (SSSR count). The Balaban J connectivity index is 1.85. The van der Waals surface area contributed by atoms with Crippen molar-refractivity contribution in [1.82, 2.24) is 4.90 Å². The Morgan fingerprint density at radius 2 is 1.86 bits per heavy atom. The fourth-order valence-electron chi connectivity index (χ4n) is 3.42. The maximum Gasteiger partial charge on any atom is 0.264 e. The first-order valence-corrected chi connectivity index (χ1v) is 11.2. The number of likely N-dealkylation sites (tertiary alicyclic amines) is 1. The molecule has 0 bridgehead atoms. The molecule has 150 valence electrons. The van der Waals surface area contributed by atoms with Crippen LogP contribution in [-0.2, 0) is 10.0 Å². The van der Waals surface area contributed by atoms with Gasteiger partial charge in [0.15, 0.2) is 0 Å². The lowest BCUT2D eigenvalue weighted by molar-refractivity contribution is 0.0683. The predicted molar refractivity (Wildman–Crippen MR) is 113 cm³/mol. The van der Waals surface area contributed by atoms with Crippen LogP contribution in [0.2, 0.25) is 5.02 Å². The van der Waals surface area contributed by atoms with E-state index in [2.05, 4.69) is 6.92 Å². The van der Waals surface area contributed by atoms with Gasteiger partial charge in [-0.3, -0.25) is 9.10 Å². The number of amides is 1. The molecule has 1 aliphatic heterocycles. The Kier molecular flexibility index (Phi) is 6.01. The van der Waals surface area contributed by atoms with Crippen LogP contribution in [0.15, 0.2) is 47.4 Å². The predicted octanol–water partition coefficient (Wildman–Crippen LogP) is 4.35. The molecule has 1 aliphatic rings. The first kappa shape index (κ1) is 20.7. The van der Waals surface area contributed by atoms with Crippen molar-refractivity contribution >= 4 is 33.2 Å². The summed E-state index contributed by atoms with van der Waals surface area (Å²) in [6.07, 6.45) is 2.11. The van der Waals surface area contributed by atoms with Crippen LogP contribution in [0.5, 0.6) is 0 Å². The normalized spacial score (nSPS) is 17.4. The average Bonchev–Trinajstić information content (AvgIpc) is 2.67. The minimum atomic E-state index is -3.71. The molecule has 28 heavy (non-hydrogen) atoms. The van der Waals surface area contributed by atoms with Crippen LogP contribution in [0.4, 0.5) is 5.69 Å². The topological polar surface area (TPSA) is 57.7 Å². The van der Waals surface area contributed by atoms with Crippen LogP contribution in [-0.4, -0.2) is 39.4 Å². The first-order chi connectivity index (χ1) is 13.2. The van der Waals surface area contributed by atoms with Crippen LogP contribution < -0.4 is 4.31 Å². The molecule has 1 unspecified atom stereocenters. The number of nitrogens with zero attached hydrogens (tertiary/aromatic N) is 2. The second-order valence-electron chi connectivity index (χ2n) is 7.45. The monoisotopic (exact) mass is 420 g/mol. The quantitative estimate of drug-likeness (QED) is 0.738. The third-order valence-electron chi connectivity index (χ3n) is 5.17. The molecule has 0 saturated carbocycles. The van der Waals surface area contributed by atoms with Crippen molar-refractivity contribution in [2.75, 3.05) is 24.4 Å². The molecule has 0 spiro atoms. The van der Waals surface area contributed by atoms with Crippen LogP contribution in [0.3, 0.4) is 0 Å². The number of piperidine rings is 1. The number of aryl methyl sites for hydroxylation is 1. The molecule has 2 aromatic carbocycles. The molecule has 7 heteroatoms. The third-order valence-corrected chi connectivity index (χ3v) is 7.28. The van der Waals surface area contributed by atoms with Crippen molar-refractivity contribution in [2.24, 2.45) is 5.92 Å². The highest BCUT2D eigenvalue weighted by molar-refractivity contribution is 7.92. The van der Waals surface area contributed by atoms with E-state index >= 15 is 0 Å². The van der Waals surface area contributed by atoms with Gasteiger partial charge in [-0.1, -0.05) is 36.2 Å². The summed E-state index contributed by atoms with van der Waals surface area (Å²) in [4.78, 5) is 14.8. The summed E-state index contributed by atoms with van der Waals surface area (Å²) in [5.74, 6) is 0.369. The number of benzene rings is 2. The van der Waals surface area contributed by atoms with Crippen molar-refractivity contribution in [1.29, 1.82) is 0 Å². The second kappa shape index (κ2) is 8.13. The summed E-state index contributed by atoms with van der Waals surface area (Å²) >= 11 is 6.37. The molecule has 1 saturated heterocycles. The summed E-state index contributed by atoms with van der Waals surface area (Å²) < 4.78 is 26.9. The van der Waals surface area contributed by atoms with Gasteiger partial charge in [0.2, 0.25) is 0 Å². The molecular weight excluding hydrogens is 396 g/mol. The number of hydrogen-bond donors (Lipinski definition) is 0. The minimum absolute atomic E-state index is 0.104. The van der Waals surface area contributed by atoms with Crippen molar-refractivity contribution < 1.29 is 13.2 Å². The van der Waals surface area contributed by atoms with E-state index in [1.165, 1.54) is 17.4 Å². The van der Waals surface area contributed by atoms with Gasteiger partial charge in [-0.2, -0.15) is 0 Å². The number of sulfonamides is 1. The molecule has 0 aromatic heterocycles. The molecule has 1 amide bonds. The second-order valence-corrected chi connectivity index (χ2v) is 9.82. The Morgan fingerprint density at radius 1 is 1.18 bits per heavy atom. The number of halogens is 1. The zero-order chi connectivity index (χ0) is 20.5. The molecule has 1 atom stereocenters. The van der Waals surface area contributed by atoms with Crippen molar-refractivity contribution in [3.8, 4) is 0 Å². The van der Waals surface area contributed by atoms with Gasteiger partial charge in [-0.05, 0) is 56.0 Å². The smallest absolute Gasteiger partial charge is 0.264 e. The van der Waals surface area contributed by atoms with E-state index in [1.54, 1.807) is 36.4 Å². The summed E-state index contributed by atoms with van der Waals surface area (Å²) in [5.41, 5.74) is 1.80. The lowest BCUT2D eigenvalue weighted by Gasteiger charge is -2.31. The number of hydrogen-bond acceptors (Lipinski definition) is 3. The highest BCUT2D eigenvalue weighted by Crippen LogP contribution is 2.29. The van der Waals surface area contributed by atoms with E-state index in [9.17, 15) is 13.2 Å². The van der Waals surface area contributed by atoms with E-state index in [4.69, 9.17) is 11.6 Å². The van der Waals surface area contributed by atoms with Gasteiger partial charge in [0.05, 0.1) is 21.2 Å². The maximum absolute atomic E-state index is 12.9. The fourth-order valence-corrected chi connectivity index (χ4v) is 4.87. The third kappa shape index (κ3) is 4.18. The zero-order valence-corrected chi connectivity index (χ0v) is 17.9. The molecule has 0 radical (unpaired) electrons. The molecule has 5 nitrogen and oxygen atoms in total. The SMILES string of the molecule is Cc1ccc(S(=O)(=O)N(C)c2ccc(C(=O)N3CCCC(C)C3)c(Cl)c2)cc1. The van der Waals surface area contributed by atoms with Gasteiger partial charge in [0, 0.05) is 20.1 Å². The van der Waals surface area contributed by atoms with Crippen molar-refractivity contribution in [3.05, 3.63) is 58.6 Å². The van der Waals surface area contributed by atoms with Crippen molar-refractivity contribution in [3.63, 3.8) is 0 Å². The Morgan fingerprint density at radius 3 is 2.46 bits per heavy atom. The van der Waals surface area contributed by atoms with Gasteiger partial charge >= 0.3 is 0 Å². The summed E-state index contributed by atoms with van der Waals surface area (Å²) in [6, 6.07) is 11.5. The Labute approximate surface area is 172 Å². The van der Waals surface area contributed by atoms with Crippen LogP contribution in [0, 0.1) is 12.8 Å². The molecule has 1 heterocycles. The lowest BCUT2D eigenvalue weighted by atomic mass is 9.99. The van der Waals surface area contributed by atoms with Crippen molar-refractivity contribution in [2.45, 2.75) is 31.6 Å². The van der Waals surface area contributed by atoms with Crippen LogP contribution >= 0.6 is 11.6 Å². The number of anilines is 1. The molecule has 1 fully saturated rings. The number of carbonyl (C=O) groups excluding carboxylic acids is 1. The highest BCUT2D eigenvalue weighted by Gasteiger charge is 2.25. The van der Waals surface area contributed by atoms with Crippen LogP contribution in [0.25, 0.3) is 0 Å². The fraction of sp³-hybridized carbons (Fsp3) is 0.381. The maximum atomic E-state index is 12.9. The van der Waals surface area contributed by atoms with Crippen LogP contribution in [0.1, 0.15) is 35.7 Å². The van der Waals surface area contributed by atoms with E-state index in [0.717, 1.165) is 31.5 Å². The largest absolute Gasteiger partial charge is 0.338 e. The summed E-state index contributed by atoms with van der Waals surface area (Å²) in [5, 5.41) is 0.256. The molecular formula is C21H25ClN2O3S.